The van der Waals surface area contributed by atoms with Crippen molar-refractivity contribution in [3.05, 3.63) is 48.7 Å². The van der Waals surface area contributed by atoms with Crippen LogP contribution in [-0.4, -0.2) is 50.2 Å². The Balaban J connectivity index is 1.70. The third-order valence-electron chi connectivity index (χ3n) is 4.67. The maximum Gasteiger partial charge on any atom is 0.573 e. The minimum Gasteiger partial charge on any atom is -0.406 e. The highest BCUT2D eigenvalue weighted by Gasteiger charge is 2.33. The van der Waals surface area contributed by atoms with E-state index < -0.39 is 22.1 Å². The monoisotopic (exact) mass is 415 g/mol. The SMILES string of the molecule is CN(C1CCN(c2ccccn2)CC1)S(=O)(=O)c1cccc(OC(F)(F)F)c1. The van der Waals surface area contributed by atoms with Crippen molar-refractivity contribution in [2.24, 2.45) is 0 Å². The number of aromatic nitrogens is 1. The number of hydrogen-bond donors (Lipinski definition) is 0. The van der Waals surface area contributed by atoms with Crippen molar-refractivity contribution in [2.45, 2.75) is 30.1 Å². The largest absolute Gasteiger partial charge is 0.573 e. The molecule has 0 saturated carbocycles. The smallest absolute Gasteiger partial charge is 0.406 e. The second-order valence-corrected chi connectivity index (χ2v) is 8.45. The van der Waals surface area contributed by atoms with E-state index in [4.69, 9.17) is 0 Å². The molecule has 2 aromatic rings. The van der Waals surface area contributed by atoms with E-state index in [9.17, 15) is 21.6 Å². The van der Waals surface area contributed by atoms with Crippen LogP contribution in [0.1, 0.15) is 12.8 Å². The Bertz CT molecular complexity index is 899. The zero-order valence-electron chi connectivity index (χ0n) is 15.1. The van der Waals surface area contributed by atoms with E-state index in [1.807, 2.05) is 18.2 Å². The molecule has 10 heteroatoms. The van der Waals surface area contributed by atoms with Gasteiger partial charge in [0.05, 0.1) is 4.90 Å². The van der Waals surface area contributed by atoms with E-state index in [2.05, 4.69) is 14.6 Å². The van der Waals surface area contributed by atoms with Gasteiger partial charge in [0.2, 0.25) is 10.0 Å². The maximum absolute atomic E-state index is 12.9. The molecule has 3 rings (SSSR count). The predicted octanol–water partition coefficient (Wildman–Crippen LogP) is 3.27. The first-order valence-electron chi connectivity index (χ1n) is 8.67. The summed E-state index contributed by atoms with van der Waals surface area (Å²) in [5.74, 6) is 0.274. The molecule has 1 aliphatic rings. The first-order valence-corrected chi connectivity index (χ1v) is 10.1. The highest BCUT2D eigenvalue weighted by atomic mass is 32.2. The highest BCUT2D eigenvalue weighted by Crippen LogP contribution is 2.28. The molecule has 1 aliphatic heterocycles. The van der Waals surface area contributed by atoms with Crippen LogP contribution in [0, 0.1) is 0 Å². The number of piperidine rings is 1. The van der Waals surface area contributed by atoms with E-state index >= 15 is 0 Å². The van der Waals surface area contributed by atoms with Crippen LogP contribution in [0.3, 0.4) is 0 Å². The van der Waals surface area contributed by atoms with Gasteiger partial charge in [-0.05, 0) is 37.1 Å². The zero-order valence-corrected chi connectivity index (χ0v) is 15.9. The van der Waals surface area contributed by atoms with Crippen LogP contribution in [0.4, 0.5) is 19.0 Å². The molecule has 28 heavy (non-hydrogen) atoms. The lowest BCUT2D eigenvalue weighted by Gasteiger charge is -2.36. The Kier molecular flexibility index (Phi) is 5.80. The lowest BCUT2D eigenvalue weighted by Crippen LogP contribution is -2.45. The highest BCUT2D eigenvalue weighted by molar-refractivity contribution is 7.89. The molecule has 0 radical (unpaired) electrons. The Morgan fingerprint density at radius 3 is 2.46 bits per heavy atom. The van der Waals surface area contributed by atoms with Gasteiger partial charge in [-0.2, -0.15) is 4.31 Å². The van der Waals surface area contributed by atoms with Gasteiger partial charge in [-0.25, -0.2) is 13.4 Å². The van der Waals surface area contributed by atoms with Crippen LogP contribution < -0.4 is 9.64 Å². The summed E-state index contributed by atoms with van der Waals surface area (Å²) in [6.45, 7) is 1.28. The van der Waals surface area contributed by atoms with Crippen LogP contribution in [0.25, 0.3) is 0 Å². The predicted molar refractivity (Wildman–Crippen MR) is 97.5 cm³/mol. The molecule has 0 bridgehead atoms. The minimum atomic E-state index is -4.88. The van der Waals surface area contributed by atoms with E-state index in [0.717, 1.165) is 18.0 Å². The second-order valence-electron chi connectivity index (χ2n) is 6.45. The van der Waals surface area contributed by atoms with Crippen LogP contribution in [0.2, 0.25) is 0 Å². The number of hydrogen-bond acceptors (Lipinski definition) is 5. The lowest BCUT2D eigenvalue weighted by molar-refractivity contribution is -0.274. The molecule has 6 nitrogen and oxygen atoms in total. The van der Waals surface area contributed by atoms with Crippen molar-refractivity contribution >= 4 is 15.8 Å². The van der Waals surface area contributed by atoms with E-state index in [-0.39, 0.29) is 10.9 Å². The Morgan fingerprint density at radius 1 is 1.14 bits per heavy atom. The van der Waals surface area contributed by atoms with E-state index in [1.54, 1.807) is 6.20 Å². The molecule has 1 aromatic carbocycles. The number of anilines is 1. The molecule has 1 aromatic heterocycles. The number of alkyl halides is 3. The maximum atomic E-state index is 12.9. The fourth-order valence-corrected chi connectivity index (χ4v) is 4.65. The number of rotatable bonds is 5. The average molecular weight is 415 g/mol. The molecular weight excluding hydrogens is 395 g/mol. The van der Waals surface area contributed by atoms with Crippen molar-refractivity contribution in [3.8, 4) is 5.75 Å². The van der Waals surface area contributed by atoms with E-state index in [0.29, 0.717) is 25.9 Å². The van der Waals surface area contributed by atoms with E-state index in [1.165, 1.54) is 23.5 Å². The van der Waals surface area contributed by atoms with Gasteiger partial charge in [-0.3, -0.25) is 0 Å². The van der Waals surface area contributed by atoms with Gasteiger partial charge in [0.15, 0.2) is 0 Å². The molecule has 0 unspecified atom stereocenters. The molecule has 0 atom stereocenters. The molecule has 1 fully saturated rings. The lowest BCUT2D eigenvalue weighted by atomic mass is 10.1. The molecule has 0 amide bonds. The first-order chi connectivity index (χ1) is 13.2. The number of pyridine rings is 1. The molecular formula is C18H20F3N3O3S. The Hall–Kier alpha value is -2.33. The average Bonchev–Trinajstić information content (AvgIpc) is 2.67. The summed E-state index contributed by atoms with van der Waals surface area (Å²) < 4.78 is 68.0. The Labute approximate surface area is 161 Å². The number of sulfonamides is 1. The molecule has 0 spiro atoms. The van der Waals surface area contributed by atoms with Crippen molar-refractivity contribution in [2.75, 3.05) is 25.0 Å². The summed E-state index contributed by atoms with van der Waals surface area (Å²) in [5, 5.41) is 0. The minimum absolute atomic E-state index is 0.232. The normalized spacial score (nSPS) is 16.4. The summed E-state index contributed by atoms with van der Waals surface area (Å²) in [4.78, 5) is 6.14. The fourth-order valence-electron chi connectivity index (χ4n) is 3.19. The van der Waals surface area contributed by atoms with Gasteiger partial charge < -0.3 is 9.64 Å². The Morgan fingerprint density at radius 2 is 1.86 bits per heavy atom. The van der Waals surface area contributed by atoms with Crippen LogP contribution >= 0.6 is 0 Å². The van der Waals surface area contributed by atoms with Crippen LogP contribution in [0.15, 0.2) is 53.6 Å². The summed E-state index contributed by atoms with van der Waals surface area (Å²) in [5.41, 5.74) is 0. The number of nitrogens with zero attached hydrogens (tertiary/aromatic N) is 3. The number of benzene rings is 1. The van der Waals surface area contributed by atoms with Gasteiger partial charge in [0.1, 0.15) is 11.6 Å². The van der Waals surface area contributed by atoms with Gasteiger partial charge in [-0.15, -0.1) is 13.2 Å². The molecule has 0 N–H and O–H groups in total. The van der Waals surface area contributed by atoms with Crippen molar-refractivity contribution in [3.63, 3.8) is 0 Å². The fraction of sp³-hybridized carbons (Fsp3) is 0.389. The summed E-state index contributed by atoms with van der Waals surface area (Å²) in [7, 11) is -2.49. The molecule has 152 valence electrons. The molecule has 1 saturated heterocycles. The molecule has 2 heterocycles. The first kappa shape index (κ1) is 20.4. The van der Waals surface area contributed by atoms with Crippen molar-refractivity contribution in [1.29, 1.82) is 0 Å². The van der Waals surface area contributed by atoms with Gasteiger partial charge in [0, 0.05) is 38.4 Å². The van der Waals surface area contributed by atoms with Gasteiger partial charge >= 0.3 is 6.36 Å². The summed E-state index contributed by atoms with van der Waals surface area (Å²) in [6, 6.07) is 9.81. The number of halogens is 3. The number of ether oxygens (including phenoxy) is 1. The third kappa shape index (κ3) is 4.74. The van der Waals surface area contributed by atoms with Gasteiger partial charge in [-0.1, -0.05) is 12.1 Å². The van der Waals surface area contributed by atoms with Crippen LogP contribution in [0.5, 0.6) is 5.75 Å². The van der Waals surface area contributed by atoms with Gasteiger partial charge in [0.25, 0.3) is 0 Å². The van der Waals surface area contributed by atoms with Crippen molar-refractivity contribution < 1.29 is 26.3 Å². The molecule has 0 aliphatic carbocycles. The standard InChI is InChI=1S/C18H20F3N3O3S/c1-23(14-8-11-24(12-9-14)17-7-2-3-10-22-17)28(25,26)16-6-4-5-15(13-16)27-18(19,20)21/h2-7,10,13-14H,8-9,11-12H2,1H3. The van der Waals surface area contributed by atoms with Crippen LogP contribution in [-0.2, 0) is 10.0 Å². The topological polar surface area (TPSA) is 62.7 Å². The quantitative estimate of drug-likeness (QED) is 0.750. The van der Waals surface area contributed by atoms with Crippen molar-refractivity contribution in [1.82, 2.24) is 9.29 Å². The third-order valence-corrected chi connectivity index (χ3v) is 6.57. The second kappa shape index (κ2) is 7.96. The summed E-state index contributed by atoms with van der Waals surface area (Å²) >= 11 is 0. The zero-order chi connectivity index (χ0) is 20.4. The summed E-state index contributed by atoms with van der Waals surface area (Å²) in [6.07, 6.45) is -2.00.